The molecule has 0 radical (unpaired) electrons. The van der Waals surface area contributed by atoms with Crippen molar-refractivity contribution < 1.29 is 22.8 Å². The molecule has 45 heavy (non-hydrogen) atoms. The molecule has 1 saturated heterocycles. The highest BCUT2D eigenvalue weighted by molar-refractivity contribution is 6.08. The van der Waals surface area contributed by atoms with Gasteiger partial charge in [-0.3, -0.25) is 4.79 Å². The number of fused-ring (bicyclic) bond motifs is 1. The van der Waals surface area contributed by atoms with Crippen molar-refractivity contribution in [1.29, 1.82) is 0 Å². The zero-order valence-electron chi connectivity index (χ0n) is 24.4. The highest BCUT2D eigenvalue weighted by Crippen LogP contribution is 2.31. The number of nitrogens with zero attached hydrogens (tertiary/aromatic N) is 5. The molecule has 13 heteroatoms. The van der Waals surface area contributed by atoms with Crippen LogP contribution in [0.5, 0.6) is 0 Å². The number of carbonyl (C=O) groups is 2. The summed E-state index contributed by atoms with van der Waals surface area (Å²) in [4.78, 5) is 41.0. The van der Waals surface area contributed by atoms with Gasteiger partial charge in [0.2, 0.25) is 5.95 Å². The van der Waals surface area contributed by atoms with Crippen molar-refractivity contribution in [1.82, 2.24) is 14.9 Å². The number of urea groups is 1. The van der Waals surface area contributed by atoms with E-state index in [4.69, 9.17) is 0 Å². The highest BCUT2D eigenvalue weighted by Gasteiger charge is 2.31. The van der Waals surface area contributed by atoms with Crippen LogP contribution in [0.15, 0.2) is 79.0 Å². The van der Waals surface area contributed by atoms with Crippen molar-refractivity contribution in [2.24, 2.45) is 0 Å². The Morgan fingerprint density at radius 3 is 2.20 bits per heavy atom. The number of aromatic nitrogens is 2. The summed E-state index contributed by atoms with van der Waals surface area (Å²) >= 11 is 0. The second-order valence-electron chi connectivity index (χ2n) is 10.9. The first kappa shape index (κ1) is 29.9. The number of piperazine rings is 1. The van der Waals surface area contributed by atoms with Crippen LogP contribution < -0.4 is 25.8 Å². The Morgan fingerprint density at radius 1 is 0.822 bits per heavy atom. The number of likely N-dealkylation sites (N-methyl/N-ethyl adjacent to an activating group) is 1. The molecule has 3 heterocycles. The van der Waals surface area contributed by atoms with Crippen LogP contribution in [0, 0.1) is 0 Å². The van der Waals surface area contributed by atoms with E-state index < -0.39 is 17.8 Å². The molecule has 0 saturated carbocycles. The maximum atomic E-state index is 13.3. The van der Waals surface area contributed by atoms with Crippen LogP contribution in [-0.2, 0) is 12.6 Å². The molecule has 0 spiro atoms. The smallest absolute Gasteiger partial charge is 0.369 e. The molecule has 3 amide bonds. The molecular formula is C32H31F3N8O2. The maximum Gasteiger partial charge on any atom is 0.416 e. The van der Waals surface area contributed by atoms with Crippen molar-refractivity contribution >= 4 is 46.3 Å². The van der Waals surface area contributed by atoms with Crippen molar-refractivity contribution in [3.8, 4) is 0 Å². The van der Waals surface area contributed by atoms with Gasteiger partial charge >= 0.3 is 12.2 Å². The minimum atomic E-state index is -4.51. The Kier molecular flexibility index (Phi) is 8.26. The molecule has 0 aliphatic carbocycles. The molecule has 2 aliphatic heterocycles. The fraction of sp³-hybridized carbons (Fsp3) is 0.250. The number of benzene rings is 3. The number of hydrogen-bond acceptors (Lipinski definition) is 7. The van der Waals surface area contributed by atoms with Crippen molar-refractivity contribution in [2.45, 2.75) is 12.6 Å². The van der Waals surface area contributed by atoms with Gasteiger partial charge in [0.25, 0.3) is 5.91 Å². The van der Waals surface area contributed by atoms with Gasteiger partial charge in [-0.25, -0.2) is 14.8 Å². The van der Waals surface area contributed by atoms with E-state index in [9.17, 15) is 22.8 Å². The summed E-state index contributed by atoms with van der Waals surface area (Å²) in [7, 11) is 2.13. The molecule has 2 aliphatic rings. The molecule has 10 nitrogen and oxygen atoms in total. The van der Waals surface area contributed by atoms with Crippen LogP contribution >= 0.6 is 0 Å². The van der Waals surface area contributed by atoms with E-state index in [2.05, 4.69) is 54.9 Å². The first-order valence-corrected chi connectivity index (χ1v) is 14.5. The number of carbonyl (C=O) groups excluding carboxylic acids is 2. The lowest BCUT2D eigenvalue weighted by Crippen LogP contribution is -2.44. The largest absolute Gasteiger partial charge is 0.416 e. The van der Waals surface area contributed by atoms with E-state index in [1.165, 1.54) is 24.0 Å². The number of nitrogens with one attached hydrogen (secondary N) is 3. The van der Waals surface area contributed by atoms with Gasteiger partial charge in [0.15, 0.2) is 0 Å². The van der Waals surface area contributed by atoms with Crippen LogP contribution in [-0.4, -0.2) is 66.6 Å². The topological polar surface area (TPSA) is 106 Å². The highest BCUT2D eigenvalue weighted by atomic mass is 19.4. The van der Waals surface area contributed by atoms with Gasteiger partial charge in [0, 0.05) is 73.8 Å². The third kappa shape index (κ3) is 6.99. The third-order valence-corrected chi connectivity index (χ3v) is 7.79. The van der Waals surface area contributed by atoms with Crippen LogP contribution in [0.3, 0.4) is 0 Å². The Morgan fingerprint density at radius 2 is 1.49 bits per heavy atom. The fourth-order valence-corrected chi connectivity index (χ4v) is 5.30. The lowest BCUT2D eigenvalue weighted by Gasteiger charge is -2.34. The van der Waals surface area contributed by atoms with Gasteiger partial charge in [-0.1, -0.05) is 6.07 Å². The van der Waals surface area contributed by atoms with Crippen LogP contribution in [0.4, 0.5) is 52.4 Å². The molecule has 0 atom stereocenters. The molecule has 3 N–H and O–H groups in total. The first-order chi connectivity index (χ1) is 21.6. The predicted molar refractivity (Wildman–Crippen MR) is 167 cm³/mol. The number of amides is 3. The Hall–Kier alpha value is -5.17. The summed E-state index contributed by atoms with van der Waals surface area (Å²) in [5, 5.41) is 8.22. The second-order valence-corrected chi connectivity index (χ2v) is 10.9. The first-order valence-electron chi connectivity index (χ1n) is 14.5. The summed E-state index contributed by atoms with van der Waals surface area (Å²) in [6, 6.07) is 18.4. The molecule has 1 aromatic heterocycles. The van der Waals surface area contributed by atoms with Gasteiger partial charge < -0.3 is 30.7 Å². The minimum Gasteiger partial charge on any atom is -0.369 e. The van der Waals surface area contributed by atoms with E-state index in [-0.39, 0.29) is 11.6 Å². The van der Waals surface area contributed by atoms with Crippen molar-refractivity contribution in [3.63, 3.8) is 0 Å². The standard InChI is InChI=1S/C32H31F3N8O2/c1-41-15-17-42(18-16-41)25-9-5-22(6-10-25)37-30-36-20-27-28(40-30)13-14-43(29(27)44)26-11-7-23(8-12-26)38-31(45)39-24-4-2-3-21(19-24)32(33,34)35/h2-12,19-20H,13-18H2,1H3,(H,36,37,40)(H2,38,39,45). The van der Waals surface area contributed by atoms with Crippen LogP contribution in [0.25, 0.3) is 0 Å². The van der Waals surface area contributed by atoms with E-state index in [1.807, 2.05) is 12.1 Å². The van der Waals surface area contributed by atoms with Gasteiger partial charge in [0.05, 0.1) is 16.8 Å². The Labute approximate surface area is 257 Å². The lowest BCUT2D eigenvalue weighted by atomic mass is 10.1. The Balaban J connectivity index is 1.05. The monoisotopic (exact) mass is 616 g/mol. The average Bonchev–Trinajstić information content (AvgIpc) is 3.02. The van der Waals surface area contributed by atoms with Gasteiger partial charge in [-0.2, -0.15) is 13.2 Å². The summed E-state index contributed by atoms with van der Waals surface area (Å²) in [5.41, 5.74) is 3.28. The molecular weight excluding hydrogens is 585 g/mol. The fourth-order valence-electron chi connectivity index (χ4n) is 5.30. The summed E-state index contributed by atoms with van der Waals surface area (Å²) in [6.45, 7) is 4.47. The summed E-state index contributed by atoms with van der Waals surface area (Å²) in [6.07, 6.45) is -2.45. The number of halogens is 3. The molecule has 3 aromatic carbocycles. The molecule has 6 rings (SSSR count). The average molecular weight is 617 g/mol. The quantitative estimate of drug-likeness (QED) is 0.250. The summed E-state index contributed by atoms with van der Waals surface area (Å²) in [5.74, 6) is 0.184. The number of rotatable bonds is 6. The lowest BCUT2D eigenvalue weighted by molar-refractivity contribution is -0.137. The number of hydrogen-bond donors (Lipinski definition) is 3. The molecule has 1 fully saturated rings. The molecule has 4 aromatic rings. The zero-order valence-corrected chi connectivity index (χ0v) is 24.4. The maximum absolute atomic E-state index is 13.3. The predicted octanol–water partition coefficient (Wildman–Crippen LogP) is 5.84. The normalized spacial score (nSPS) is 15.4. The Bertz CT molecular complexity index is 1690. The van der Waals surface area contributed by atoms with Crippen molar-refractivity contribution in [3.05, 3.63) is 95.8 Å². The van der Waals surface area contributed by atoms with E-state index in [1.54, 1.807) is 29.2 Å². The van der Waals surface area contributed by atoms with Gasteiger partial charge in [0.1, 0.15) is 0 Å². The summed E-state index contributed by atoms with van der Waals surface area (Å²) < 4.78 is 38.9. The van der Waals surface area contributed by atoms with E-state index >= 15 is 0 Å². The zero-order chi connectivity index (χ0) is 31.6. The van der Waals surface area contributed by atoms with Crippen LogP contribution in [0.2, 0.25) is 0 Å². The SMILES string of the molecule is CN1CCN(c2ccc(Nc3ncc4c(n3)CCN(c3ccc(NC(=O)Nc5cccc(C(F)(F)F)c5)cc3)C4=O)cc2)CC1. The second kappa shape index (κ2) is 12.4. The van der Waals surface area contributed by atoms with E-state index in [0.717, 1.165) is 44.0 Å². The third-order valence-electron chi connectivity index (χ3n) is 7.79. The van der Waals surface area contributed by atoms with E-state index in [0.29, 0.717) is 41.5 Å². The molecule has 232 valence electrons. The molecule has 0 unspecified atom stereocenters. The van der Waals surface area contributed by atoms with Gasteiger partial charge in [-0.15, -0.1) is 0 Å². The minimum absolute atomic E-state index is 0.0104. The number of alkyl halides is 3. The molecule has 0 bridgehead atoms. The van der Waals surface area contributed by atoms with Crippen LogP contribution in [0.1, 0.15) is 21.6 Å². The van der Waals surface area contributed by atoms with Crippen molar-refractivity contribution in [2.75, 3.05) is 65.5 Å². The number of anilines is 6. The van der Waals surface area contributed by atoms with Gasteiger partial charge in [-0.05, 0) is 73.8 Å².